The lowest BCUT2D eigenvalue weighted by atomic mass is 10.2. The average Bonchev–Trinajstić information content (AvgIpc) is 2.60. The standard InChI is InChI=1S/C17H17N3O3/c1-3-9-19-17(22)14-11-12(8-10-18-14)16(21)20-13-6-4-5-7-15(13)23-2/h3-8,10-11H,1,9H2,2H3,(H,19,22)(H,20,21). The SMILES string of the molecule is C=CCNC(=O)c1cc(C(=O)Nc2ccccc2OC)ccn1. The number of rotatable bonds is 6. The molecule has 2 N–H and O–H groups in total. The number of hydrogen-bond donors (Lipinski definition) is 2. The molecule has 2 aromatic rings. The molecule has 2 amide bonds. The van der Waals surface area contributed by atoms with Crippen LogP contribution in [-0.4, -0.2) is 30.5 Å². The zero-order chi connectivity index (χ0) is 16.7. The molecule has 118 valence electrons. The number of benzene rings is 1. The first-order chi connectivity index (χ1) is 11.2. The summed E-state index contributed by atoms with van der Waals surface area (Å²) >= 11 is 0. The van der Waals surface area contributed by atoms with Gasteiger partial charge in [0.05, 0.1) is 12.8 Å². The van der Waals surface area contributed by atoms with Crippen LogP contribution in [0.5, 0.6) is 5.75 Å². The molecule has 6 nitrogen and oxygen atoms in total. The van der Waals surface area contributed by atoms with Gasteiger partial charge in [0, 0.05) is 18.3 Å². The summed E-state index contributed by atoms with van der Waals surface area (Å²) in [4.78, 5) is 28.2. The number of pyridine rings is 1. The molecule has 0 bridgehead atoms. The molecule has 23 heavy (non-hydrogen) atoms. The molecule has 1 heterocycles. The summed E-state index contributed by atoms with van der Waals surface area (Å²) in [5.41, 5.74) is 1.05. The second-order valence-corrected chi connectivity index (χ2v) is 4.58. The van der Waals surface area contributed by atoms with Crippen molar-refractivity contribution in [1.29, 1.82) is 0 Å². The van der Waals surface area contributed by atoms with Gasteiger partial charge in [-0.3, -0.25) is 14.6 Å². The van der Waals surface area contributed by atoms with Crippen molar-refractivity contribution in [1.82, 2.24) is 10.3 Å². The molecule has 2 rings (SSSR count). The maximum atomic E-state index is 12.3. The molecule has 0 unspecified atom stereocenters. The highest BCUT2D eigenvalue weighted by Crippen LogP contribution is 2.23. The second-order valence-electron chi connectivity index (χ2n) is 4.58. The summed E-state index contributed by atoms with van der Waals surface area (Å²) in [6.45, 7) is 3.86. The van der Waals surface area contributed by atoms with Gasteiger partial charge in [-0.15, -0.1) is 6.58 Å². The lowest BCUT2D eigenvalue weighted by molar-refractivity contribution is 0.0953. The van der Waals surface area contributed by atoms with Crippen LogP contribution in [0.4, 0.5) is 5.69 Å². The highest BCUT2D eigenvalue weighted by molar-refractivity contribution is 6.06. The van der Waals surface area contributed by atoms with Crippen molar-refractivity contribution in [2.75, 3.05) is 19.0 Å². The molecule has 0 atom stereocenters. The first-order valence-corrected chi connectivity index (χ1v) is 6.95. The minimum atomic E-state index is -0.364. The topological polar surface area (TPSA) is 80.3 Å². The van der Waals surface area contributed by atoms with Crippen LogP contribution in [-0.2, 0) is 0 Å². The smallest absolute Gasteiger partial charge is 0.270 e. The number of nitrogens with zero attached hydrogens (tertiary/aromatic N) is 1. The first kappa shape index (κ1) is 16.2. The monoisotopic (exact) mass is 311 g/mol. The van der Waals surface area contributed by atoms with E-state index < -0.39 is 0 Å². The van der Waals surface area contributed by atoms with Gasteiger partial charge in [0.25, 0.3) is 11.8 Å². The number of anilines is 1. The van der Waals surface area contributed by atoms with E-state index in [1.807, 2.05) is 6.07 Å². The van der Waals surface area contributed by atoms with E-state index >= 15 is 0 Å². The van der Waals surface area contributed by atoms with Crippen molar-refractivity contribution in [2.24, 2.45) is 0 Å². The van der Waals surface area contributed by atoms with Crippen LogP contribution in [0.3, 0.4) is 0 Å². The lowest BCUT2D eigenvalue weighted by Crippen LogP contribution is -2.24. The van der Waals surface area contributed by atoms with Crippen LogP contribution >= 0.6 is 0 Å². The van der Waals surface area contributed by atoms with E-state index in [0.29, 0.717) is 23.5 Å². The van der Waals surface area contributed by atoms with Crippen molar-refractivity contribution in [3.8, 4) is 5.75 Å². The van der Waals surface area contributed by atoms with Crippen molar-refractivity contribution < 1.29 is 14.3 Å². The van der Waals surface area contributed by atoms with Gasteiger partial charge in [-0.2, -0.15) is 0 Å². The molecule has 1 aromatic heterocycles. The Kier molecular flexibility index (Phi) is 5.46. The Bertz CT molecular complexity index is 729. The summed E-state index contributed by atoms with van der Waals surface area (Å²) in [7, 11) is 1.53. The average molecular weight is 311 g/mol. The predicted molar refractivity (Wildman–Crippen MR) is 87.7 cm³/mol. The third-order valence-corrected chi connectivity index (χ3v) is 3.02. The number of aromatic nitrogens is 1. The minimum absolute atomic E-state index is 0.166. The molecule has 0 saturated heterocycles. The quantitative estimate of drug-likeness (QED) is 0.802. The normalized spacial score (nSPS) is 9.78. The van der Waals surface area contributed by atoms with Gasteiger partial charge < -0.3 is 15.4 Å². The minimum Gasteiger partial charge on any atom is -0.495 e. The molecular weight excluding hydrogens is 294 g/mol. The number of nitrogens with one attached hydrogen (secondary N) is 2. The van der Waals surface area contributed by atoms with Gasteiger partial charge in [-0.1, -0.05) is 18.2 Å². The van der Waals surface area contributed by atoms with Crippen molar-refractivity contribution in [3.63, 3.8) is 0 Å². The van der Waals surface area contributed by atoms with Crippen molar-refractivity contribution >= 4 is 17.5 Å². The fourth-order valence-electron chi connectivity index (χ4n) is 1.89. The molecule has 0 aliphatic heterocycles. The Balaban J connectivity index is 2.16. The number of carbonyl (C=O) groups is 2. The fraction of sp³-hybridized carbons (Fsp3) is 0.118. The number of hydrogen-bond acceptors (Lipinski definition) is 4. The van der Waals surface area contributed by atoms with Crippen LogP contribution < -0.4 is 15.4 Å². The van der Waals surface area contributed by atoms with Gasteiger partial charge >= 0.3 is 0 Å². The van der Waals surface area contributed by atoms with Crippen LogP contribution in [0.1, 0.15) is 20.8 Å². The van der Waals surface area contributed by atoms with E-state index in [4.69, 9.17) is 4.74 Å². The summed E-state index contributed by atoms with van der Waals surface area (Å²) in [5.74, 6) is -0.162. The molecule has 0 aliphatic carbocycles. The molecule has 0 radical (unpaired) electrons. The first-order valence-electron chi connectivity index (χ1n) is 6.95. The number of amides is 2. The van der Waals surface area contributed by atoms with Crippen LogP contribution in [0.15, 0.2) is 55.3 Å². The van der Waals surface area contributed by atoms with E-state index in [1.54, 1.807) is 24.3 Å². The van der Waals surface area contributed by atoms with Gasteiger partial charge in [-0.05, 0) is 24.3 Å². The van der Waals surface area contributed by atoms with E-state index in [9.17, 15) is 9.59 Å². The van der Waals surface area contributed by atoms with Crippen molar-refractivity contribution in [2.45, 2.75) is 0 Å². The second kappa shape index (κ2) is 7.74. The van der Waals surface area contributed by atoms with Gasteiger partial charge in [-0.25, -0.2) is 0 Å². The van der Waals surface area contributed by atoms with Gasteiger partial charge in [0.1, 0.15) is 11.4 Å². The van der Waals surface area contributed by atoms with E-state index in [0.717, 1.165) is 0 Å². The van der Waals surface area contributed by atoms with Gasteiger partial charge in [0.2, 0.25) is 0 Å². The molecule has 0 fully saturated rings. The van der Waals surface area contributed by atoms with Crippen molar-refractivity contribution in [3.05, 3.63) is 66.5 Å². The summed E-state index contributed by atoms with van der Waals surface area (Å²) < 4.78 is 5.19. The third kappa shape index (κ3) is 4.16. The maximum Gasteiger partial charge on any atom is 0.270 e. The zero-order valence-corrected chi connectivity index (χ0v) is 12.7. The van der Waals surface area contributed by atoms with E-state index in [1.165, 1.54) is 25.4 Å². The number of carbonyl (C=O) groups excluding carboxylic acids is 2. The third-order valence-electron chi connectivity index (χ3n) is 3.02. The number of methoxy groups -OCH3 is 1. The van der Waals surface area contributed by atoms with E-state index in [-0.39, 0.29) is 17.5 Å². The largest absolute Gasteiger partial charge is 0.495 e. The Labute approximate surface area is 134 Å². The van der Waals surface area contributed by atoms with Crippen LogP contribution in [0.25, 0.3) is 0 Å². The Morgan fingerprint density at radius 2 is 2.04 bits per heavy atom. The zero-order valence-electron chi connectivity index (χ0n) is 12.7. The summed E-state index contributed by atoms with van der Waals surface area (Å²) in [5, 5.41) is 5.36. The maximum absolute atomic E-state index is 12.3. The molecule has 1 aromatic carbocycles. The highest BCUT2D eigenvalue weighted by atomic mass is 16.5. The van der Waals surface area contributed by atoms with Crippen LogP contribution in [0.2, 0.25) is 0 Å². The molecule has 0 saturated carbocycles. The highest BCUT2D eigenvalue weighted by Gasteiger charge is 2.13. The molecular formula is C17H17N3O3. The molecule has 0 aliphatic rings. The Hall–Kier alpha value is -3.15. The predicted octanol–water partition coefficient (Wildman–Crippen LogP) is 2.26. The molecule has 6 heteroatoms. The molecule has 0 spiro atoms. The lowest BCUT2D eigenvalue weighted by Gasteiger charge is -2.10. The van der Waals surface area contributed by atoms with Gasteiger partial charge in [0.15, 0.2) is 0 Å². The summed E-state index contributed by atoms with van der Waals surface area (Å²) in [6, 6.07) is 10.0. The Morgan fingerprint density at radius 3 is 2.78 bits per heavy atom. The van der Waals surface area contributed by atoms with Crippen LogP contribution in [0, 0.1) is 0 Å². The fourth-order valence-corrected chi connectivity index (χ4v) is 1.89. The number of para-hydroxylation sites is 2. The summed E-state index contributed by atoms with van der Waals surface area (Å²) in [6.07, 6.45) is 2.98. The Morgan fingerprint density at radius 1 is 1.26 bits per heavy atom. The van der Waals surface area contributed by atoms with E-state index in [2.05, 4.69) is 22.2 Å². The number of ether oxygens (including phenoxy) is 1.